The molecular weight excluding hydrogens is 160 g/mol. The van der Waals surface area contributed by atoms with E-state index in [9.17, 15) is 0 Å². The van der Waals surface area contributed by atoms with Crippen LogP contribution in [0.5, 0.6) is 0 Å². The maximum absolute atomic E-state index is 2.55. The first-order chi connectivity index (χ1) is 6.36. The van der Waals surface area contributed by atoms with E-state index in [4.69, 9.17) is 0 Å². The van der Waals surface area contributed by atoms with Crippen molar-refractivity contribution in [2.24, 2.45) is 0 Å². The van der Waals surface area contributed by atoms with Gasteiger partial charge >= 0.3 is 0 Å². The summed E-state index contributed by atoms with van der Waals surface area (Å²) >= 11 is 0. The Labute approximate surface area is 82.2 Å². The van der Waals surface area contributed by atoms with E-state index in [1.54, 1.807) is 0 Å². The molecule has 0 aromatic carbocycles. The van der Waals surface area contributed by atoms with Crippen molar-refractivity contribution >= 4 is 0 Å². The van der Waals surface area contributed by atoms with Crippen LogP contribution in [0.25, 0.3) is 0 Å². The highest BCUT2D eigenvalue weighted by Gasteiger charge is 2.12. The Morgan fingerprint density at radius 3 is 2.31 bits per heavy atom. The zero-order valence-electron chi connectivity index (χ0n) is 9.00. The van der Waals surface area contributed by atoms with Gasteiger partial charge in [0, 0.05) is 26.2 Å². The van der Waals surface area contributed by atoms with Crippen LogP contribution in [0.1, 0.15) is 26.7 Å². The molecule has 1 heterocycles. The van der Waals surface area contributed by atoms with Gasteiger partial charge in [-0.3, -0.25) is 4.90 Å². The minimum absolute atomic E-state index is 1.15. The molecular formula is C11H22N2. The minimum Gasteiger partial charge on any atom is -0.375 e. The van der Waals surface area contributed by atoms with Gasteiger partial charge in [-0.05, 0) is 25.6 Å². The Hall–Kier alpha value is -0.500. The van der Waals surface area contributed by atoms with Crippen molar-refractivity contribution in [1.82, 2.24) is 9.80 Å². The molecule has 1 fully saturated rings. The summed E-state index contributed by atoms with van der Waals surface area (Å²) < 4.78 is 0. The van der Waals surface area contributed by atoms with E-state index in [-0.39, 0.29) is 0 Å². The van der Waals surface area contributed by atoms with Gasteiger partial charge in [0.1, 0.15) is 0 Å². The largest absolute Gasteiger partial charge is 0.375 e. The molecule has 2 nitrogen and oxygen atoms in total. The number of nitrogens with zero attached hydrogens (tertiary/aromatic N) is 2. The Bertz CT molecular complexity index is 146. The van der Waals surface area contributed by atoms with E-state index < -0.39 is 0 Å². The summed E-state index contributed by atoms with van der Waals surface area (Å²) in [4.78, 5) is 4.98. The second kappa shape index (κ2) is 6.03. The summed E-state index contributed by atoms with van der Waals surface area (Å²) in [5.41, 5.74) is 0. The molecule has 0 bridgehead atoms. The summed E-state index contributed by atoms with van der Waals surface area (Å²) in [6.07, 6.45) is 6.93. The Kier molecular flexibility index (Phi) is 4.91. The molecule has 76 valence electrons. The second-order valence-corrected chi connectivity index (χ2v) is 3.67. The summed E-state index contributed by atoms with van der Waals surface area (Å²) in [7, 11) is 0. The molecule has 0 atom stereocenters. The third-order valence-electron chi connectivity index (χ3n) is 2.50. The highest BCUT2D eigenvalue weighted by Crippen LogP contribution is 2.02. The fourth-order valence-corrected chi connectivity index (χ4v) is 1.71. The van der Waals surface area contributed by atoms with Gasteiger partial charge in [0.25, 0.3) is 0 Å². The maximum atomic E-state index is 2.55. The van der Waals surface area contributed by atoms with Gasteiger partial charge in [-0.2, -0.15) is 0 Å². The Morgan fingerprint density at radius 2 is 1.77 bits per heavy atom. The number of hydrogen-bond donors (Lipinski definition) is 0. The van der Waals surface area contributed by atoms with Crippen LogP contribution in [-0.4, -0.2) is 42.5 Å². The van der Waals surface area contributed by atoms with Crippen molar-refractivity contribution in [3.8, 4) is 0 Å². The van der Waals surface area contributed by atoms with Crippen LogP contribution in [-0.2, 0) is 0 Å². The zero-order chi connectivity index (χ0) is 9.52. The van der Waals surface area contributed by atoms with E-state index in [0.29, 0.717) is 0 Å². The first kappa shape index (κ1) is 10.6. The van der Waals surface area contributed by atoms with Crippen molar-refractivity contribution < 1.29 is 0 Å². The minimum atomic E-state index is 1.15. The van der Waals surface area contributed by atoms with E-state index in [1.165, 1.54) is 39.1 Å². The topological polar surface area (TPSA) is 6.48 Å². The second-order valence-electron chi connectivity index (χ2n) is 3.67. The van der Waals surface area contributed by atoms with Crippen LogP contribution in [0.2, 0.25) is 0 Å². The van der Waals surface area contributed by atoms with Crippen molar-refractivity contribution in [2.45, 2.75) is 26.7 Å². The molecule has 1 rings (SSSR count). The van der Waals surface area contributed by atoms with Crippen molar-refractivity contribution in [1.29, 1.82) is 0 Å². The lowest BCUT2D eigenvalue weighted by Gasteiger charge is -2.33. The van der Waals surface area contributed by atoms with Gasteiger partial charge in [-0.1, -0.05) is 19.9 Å². The maximum Gasteiger partial charge on any atom is 0.0300 e. The van der Waals surface area contributed by atoms with Crippen LogP contribution < -0.4 is 0 Å². The molecule has 1 aliphatic rings. The van der Waals surface area contributed by atoms with Gasteiger partial charge in [0.2, 0.25) is 0 Å². The highest BCUT2D eigenvalue weighted by atomic mass is 15.2. The number of rotatable bonds is 4. The monoisotopic (exact) mass is 182 g/mol. The molecule has 1 aliphatic heterocycles. The van der Waals surface area contributed by atoms with E-state index >= 15 is 0 Å². The van der Waals surface area contributed by atoms with E-state index in [1.807, 2.05) is 0 Å². The van der Waals surface area contributed by atoms with Gasteiger partial charge < -0.3 is 4.90 Å². The molecule has 0 aromatic rings. The lowest BCUT2D eigenvalue weighted by atomic mass is 10.3. The number of allylic oxidation sites excluding steroid dienone is 1. The molecule has 0 saturated carbocycles. The molecule has 0 aromatic heterocycles. The Balaban J connectivity index is 2.18. The molecule has 2 heteroatoms. The normalized spacial score (nSPS) is 20.0. The predicted octanol–water partition coefficient (Wildman–Crippen LogP) is 1.94. The first-order valence-electron chi connectivity index (χ1n) is 5.50. The third kappa shape index (κ3) is 3.81. The summed E-state index contributed by atoms with van der Waals surface area (Å²) in [6.45, 7) is 10.6. The van der Waals surface area contributed by atoms with Gasteiger partial charge in [0.15, 0.2) is 0 Å². The van der Waals surface area contributed by atoms with Crippen LogP contribution in [0.15, 0.2) is 12.3 Å². The quantitative estimate of drug-likeness (QED) is 0.655. The van der Waals surface area contributed by atoms with Crippen LogP contribution in [0, 0.1) is 0 Å². The molecule has 0 radical (unpaired) electrons. The molecule has 1 saturated heterocycles. The fourth-order valence-electron chi connectivity index (χ4n) is 1.71. The standard InChI is InChI=1S/C11H22N2/c1-3-5-7-13-10-8-12(6-4-2)9-11-13/h5,7H,3-4,6,8-11H2,1-2H3/b7-5+. The lowest BCUT2D eigenvalue weighted by Crippen LogP contribution is -2.44. The molecule has 0 N–H and O–H groups in total. The molecule has 0 unspecified atom stereocenters. The summed E-state index contributed by atoms with van der Waals surface area (Å²) in [5.74, 6) is 0. The SMILES string of the molecule is CC/C=C/N1CCN(CCC)CC1. The van der Waals surface area contributed by atoms with Crippen LogP contribution in [0.3, 0.4) is 0 Å². The summed E-state index contributed by atoms with van der Waals surface area (Å²) in [6, 6.07) is 0. The molecule has 13 heavy (non-hydrogen) atoms. The molecule has 0 spiro atoms. The van der Waals surface area contributed by atoms with Gasteiger partial charge in [-0.15, -0.1) is 0 Å². The first-order valence-corrected chi connectivity index (χ1v) is 5.50. The van der Waals surface area contributed by atoms with E-state index in [0.717, 1.165) is 6.42 Å². The summed E-state index contributed by atoms with van der Waals surface area (Å²) in [5, 5.41) is 0. The number of piperazine rings is 1. The van der Waals surface area contributed by atoms with Gasteiger partial charge in [0.05, 0.1) is 0 Å². The van der Waals surface area contributed by atoms with Crippen molar-refractivity contribution in [2.75, 3.05) is 32.7 Å². The average molecular weight is 182 g/mol. The highest BCUT2D eigenvalue weighted by molar-refractivity contribution is 4.84. The molecule has 0 amide bonds. The van der Waals surface area contributed by atoms with Crippen LogP contribution >= 0.6 is 0 Å². The lowest BCUT2D eigenvalue weighted by molar-refractivity contribution is 0.168. The van der Waals surface area contributed by atoms with E-state index in [2.05, 4.69) is 35.9 Å². The van der Waals surface area contributed by atoms with Crippen LogP contribution in [0.4, 0.5) is 0 Å². The molecule has 0 aliphatic carbocycles. The average Bonchev–Trinajstić information content (AvgIpc) is 2.17. The Morgan fingerprint density at radius 1 is 1.08 bits per heavy atom. The predicted molar refractivity (Wildman–Crippen MR) is 57.7 cm³/mol. The fraction of sp³-hybridized carbons (Fsp3) is 0.818. The van der Waals surface area contributed by atoms with Gasteiger partial charge in [-0.25, -0.2) is 0 Å². The smallest absolute Gasteiger partial charge is 0.0300 e. The number of hydrogen-bond acceptors (Lipinski definition) is 2. The van der Waals surface area contributed by atoms with Crippen molar-refractivity contribution in [3.05, 3.63) is 12.3 Å². The third-order valence-corrected chi connectivity index (χ3v) is 2.50. The zero-order valence-corrected chi connectivity index (χ0v) is 9.00. The van der Waals surface area contributed by atoms with Crippen molar-refractivity contribution in [3.63, 3.8) is 0 Å².